The smallest absolute Gasteiger partial charge is 0.193 e. The van der Waals surface area contributed by atoms with Crippen LogP contribution in [0.15, 0.2) is 23.2 Å². The van der Waals surface area contributed by atoms with Crippen molar-refractivity contribution in [3.63, 3.8) is 0 Å². The molecule has 1 heterocycles. The van der Waals surface area contributed by atoms with Gasteiger partial charge in [0, 0.05) is 26.7 Å². The minimum atomic E-state index is 0. The fraction of sp³-hybridized carbons (Fsp3) is 0.650. The summed E-state index contributed by atoms with van der Waals surface area (Å²) in [5.41, 5.74) is 1.88. The van der Waals surface area contributed by atoms with E-state index in [4.69, 9.17) is 9.47 Å². The van der Waals surface area contributed by atoms with Crippen LogP contribution in [0.5, 0.6) is 11.5 Å². The van der Waals surface area contributed by atoms with Crippen molar-refractivity contribution in [2.24, 2.45) is 10.4 Å². The number of halogens is 1. The average Bonchev–Trinajstić information content (AvgIpc) is 3.07. The number of methoxy groups -OCH3 is 2. The maximum Gasteiger partial charge on any atom is 0.193 e. The molecule has 0 aromatic heterocycles. The van der Waals surface area contributed by atoms with Crippen LogP contribution in [-0.4, -0.2) is 51.8 Å². The van der Waals surface area contributed by atoms with Crippen LogP contribution in [0.25, 0.3) is 0 Å². The van der Waals surface area contributed by atoms with Crippen LogP contribution in [0.1, 0.15) is 37.7 Å². The molecule has 1 N–H and O–H groups in total. The SMILES string of the molecule is CN=C(NCCCc1ccc(OC)c(OC)c1)N1CCC2(CCC2)C1.I. The number of rotatable bonds is 6. The summed E-state index contributed by atoms with van der Waals surface area (Å²) < 4.78 is 10.7. The summed E-state index contributed by atoms with van der Waals surface area (Å²) in [5, 5.41) is 3.54. The highest BCUT2D eigenvalue weighted by Crippen LogP contribution is 2.47. The molecule has 0 unspecified atom stereocenters. The standard InChI is InChI=1S/C20H31N3O2.HI/c1-21-19(23-13-11-20(15-23)9-5-10-20)22-12-4-6-16-7-8-17(24-2)18(14-16)25-3;/h7-8,14H,4-6,9-13,15H2,1-3H3,(H,21,22);1H. The van der Waals surface area contributed by atoms with Crippen LogP contribution >= 0.6 is 24.0 Å². The number of aliphatic imine (C=N–C) groups is 1. The first-order valence-electron chi connectivity index (χ1n) is 9.36. The summed E-state index contributed by atoms with van der Waals surface area (Å²) in [6.07, 6.45) is 7.62. The molecule has 5 nitrogen and oxygen atoms in total. The molecule has 0 bridgehead atoms. The Morgan fingerprint density at radius 2 is 1.96 bits per heavy atom. The number of benzene rings is 1. The summed E-state index contributed by atoms with van der Waals surface area (Å²) in [6, 6.07) is 6.15. The minimum Gasteiger partial charge on any atom is -0.493 e. The van der Waals surface area contributed by atoms with Crippen LogP contribution in [0, 0.1) is 5.41 Å². The van der Waals surface area contributed by atoms with Crippen molar-refractivity contribution in [1.29, 1.82) is 0 Å². The molecule has 2 fully saturated rings. The first kappa shape index (κ1) is 21.1. The molecule has 1 aromatic rings. The zero-order chi connectivity index (χ0) is 17.7. The topological polar surface area (TPSA) is 46.1 Å². The summed E-state index contributed by atoms with van der Waals surface area (Å²) in [5.74, 6) is 2.64. The molecule has 1 aliphatic carbocycles. The monoisotopic (exact) mass is 473 g/mol. The third-order valence-corrected chi connectivity index (χ3v) is 5.74. The van der Waals surface area contributed by atoms with Gasteiger partial charge in [-0.2, -0.15) is 0 Å². The third-order valence-electron chi connectivity index (χ3n) is 5.74. The lowest BCUT2D eigenvalue weighted by molar-refractivity contribution is 0.151. The largest absolute Gasteiger partial charge is 0.493 e. The van der Waals surface area contributed by atoms with Crippen molar-refractivity contribution in [3.8, 4) is 11.5 Å². The molecule has 1 aromatic carbocycles. The lowest BCUT2D eigenvalue weighted by Gasteiger charge is -2.38. The van der Waals surface area contributed by atoms with E-state index < -0.39 is 0 Å². The Labute approximate surface area is 174 Å². The highest BCUT2D eigenvalue weighted by atomic mass is 127. The van der Waals surface area contributed by atoms with Crippen molar-refractivity contribution in [2.75, 3.05) is 40.9 Å². The van der Waals surface area contributed by atoms with E-state index in [0.717, 1.165) is 43.4 Å². The highest BCUT2D eigenvalue weighted by molar-refractivity contribution is 14.0. The molecule has 6 heteroatoms. The average molecular weight is 473 g/mol. The van der Waals surface area contributed by atoms with E-state index in [2.05, 4.69) is 27.3 Å². The Morgan fingerprint density at radius 3 is 2.54 bits per heavy atom. The number of nitrogens with zero attached hydrogens (tertiary/aromatic N) is 2. The molecular weight excluding hydrogens is 441 g/mol. The van der Waals surface area contributed by atoms with Crippen molar-refractivity contribution in [3.05, 3.63) is 23.8 Å². The fourth-order valence-electron chi connectivity index (χ4n) is 4.06. The van der Waals surface area contributed by atoms with E-state index in [1.54, 1.807) is 14.2 Å². The van der Waals surface area contributed by atoms with Gasteiger partial charge in [0.25, 0.3) is 0 Å². The van der Waals surface area contributed by atoms with E-state index in [1.807, 2.05) is 13.1 Å². The summed E-state index contributed by atoms with van der Waals surface area (Å²) in [7, 11) is 5.24. The second-order valence-electron chi connectivity index (χ2n) is 7.29. The van der Waals surface area contributed by atoms with Gasteiger partial charge in [0.2, 0.25) is 0 Å². The molecule has 26 heavy (non-hydrogen) atoms. The summed E-state index contributed by atoms with van der Waals surface area (Å²) in [4.78, 5) is 6.92. The van der Waals surface area contributed by atoms with Gasteiger partial charge in [0.1, 0.15) is 0 Å². The van der Waals surface area contributed by atoms with Gasteiger partial charge in [0.05, 0.1) is 14.2 Å². The highest BCUT2D eigenvalue weighted by Gasteiger charge is 2.43. The van der Waals surface area contributed by atoms with E-state index >= 15 is 0 Å². The third kappa shape index (κ3) is 4.75. The first-order chi connectivity index (χ1) is 12.2. The Bertz CT molecular complexity index is 617. The number of guanidine groups is 1. The van der Waals surface area contributed by atoms with Crippen molar-refractivity contribution in [2.45, 2.75) is 38.5 Å². The Hall–Kier alpha value is -1.18. The molecule has 2 aliphatic rings. The van der Waals surface area contributed by atoms with Crippen LogP contribution in [-0.2, 0) is 6.42 Å². The molecule has 146 valence electrons. The van der Waals surface area contributed by atoms with Gasteiger partial charge in [-0.3, -0.25) is 4.99 Å². The summed E-state index contributed by atoms with van der Waals surface area (Å²) >= 11 is 0. The predicted octanol–water partition coefficient (Wildman–Crippen LogP) is 3.71. The molecule has 1 saturated heterocycles. The number of nitrogens with one attached hydrogen (secondary N) is 1. The van der Waals surface area contributed by atoms with Crippen molar-refractivity contribution < 1.29 is 9.47 Å². The Morgan fingerprint density at radius 1 is 1.19 bits per heavy atom. The van der Waals surface area contributed by atoms with Crippen molar-refractivity contribution >= 4 is 29.9 Å². The molecular formula is C20H32IN3O2. The maximum absolute atomic E-state index is 5.38. The van der Waals surface area contributed by atoms with E-state index in [1.165, 1.54) is 37.8 Å². The van der Waals surface area contributed by atoms with Gasteiger partial charge in [0.15, 0.2) is 17.5 Å². The molecule has 1 spiro atoms. The molecule has 1 saturated carbocycles. The van der Waals surface area contributed by atoms with Gasteiger partial charge in [-0.25, -0.2) is 0 Å². The van der Waals surface area contributed by atoms with Gasteiger partial charge < -0.3 is 19.7 Å². The Kier molecular flexibility index (Phi) is 7.85. The number of ether oxygens (including phenoxy) is 2. The second-order valence-corrected chi connectivity index (χ2v) is 7.29. The zero-order valence-electron chi connectivity index (χ0n) is 16.2. The van der Waals surface area contributed by atoms with E-state index in [-0.39, 0.29) is 24.0 Å². The van der Waals surface area contributed by atoms with Gasteiger partial charge in [-0.15, -0.1) is 24.0 Å². The molecule has 0 radical (unpaired) electrons. The lowest BCUT2D eigenvalue weighted by Crippen LogP contribution is -2.42. The van der Waals surface area contributed by atoms with Gasteiger partial charge in [-0.1, -0.05) is 12.5 Å². The normalized spacial score (nSPS) is 18.3. The molecule has 3 rings (SSSR count). The Balaban J connectivity index is 0.00000243. The van der Waals surface area contributed by atoms with Crippen LogP contribution in [0.2, 0.25) is 0 Å². The number of hydrogen-bond acceptors (Lipinski definition) is 3. The van der Waals surface area contributed by atoms with Crippen LogP contribution in [0.3, 0.4) is 0 Å². The lowest BCUT2D eigenvalue weighted by atomic mass is 9.68. The van der Waals surface area contributed by atoms with Gasteiger partial charge in [-0.05, 0) is 55.2 Å². The van der Waals surface area contributed by atoms with Gasteiger partial charge >= 0.3 is 0 Å². The minimum absolute atomic E-state index is 0. The first-order valence-corrected chi connectivity index (χ1v) is 9.36. The quantitative estimate of drug-likeness (QED) is 0.296. The second kappa shape index (κ2) is 9.67. The zero-order valence-corrected chi connectivity index (χ0v) is 18.5. The number of likely N-dealkylation sites (tertiary alicyclic amines) is 1. The van der Waals surface area contributed by atoms with Crippen LogP contribution in [0.4, 0.5) is 0 Å². The predicted molar refractivity (Wildman–Crippen MR) is 117 cm³/mol. The molecule has 1 aliphatic heterocycles. The number of aryl methyl sites for hydroxylation is 1. The maximum atomic E-state index is 5.38. The fourth-order valence-corrected chi connectivity index (χ4v) is 4.06. The molecule has 0 atom stereocenters. The number of hydrogen-bond donors (Lipinski definition) is 1. The van der Waals surface area contributed by atoms with Crippen molar-refractivity contribution in [1.82, 2.24) is 10.2 Å². The molecule has 0 amide bonds. The summed E-state index contributed by atoms with van der Waals surface area (Å²) in [6.45, 7) is 3.27. The van der Waals surface area contributed by atoms with Crippen LogP contribution < -0.4 is 14.8 Å². The van der Waals surface area contributed by atoms with E-state index in [9.17, 15) is 0 Å². The van der Waals surface area contributed by atoms with E-state index in [0.29, 0.717) is 5.41 Å².